The predicted octanol–water partition coefficient (Wildman–Crippen LogP) is 1.62. The molecule has 9 heteroatoms. The number of amides is 2. The van der Waals surface area contributed by atoms with Crippen molar-refractivity contribution in [3.05, 3.63) is 0 Å². The van der Waals surface area contributed by atoms with E-state index >= 15 is 0 Å². The molecule has 0 aromatic rings. The van der Waals surface area contributed by atoms with Gasteiger partial charge in [0.1, 0.15) is 12.3 Å². The van der Waals surface area contributed by atoms with Crippen molar-refractivity contribution in [1.82, 2.24) is 10.6 Å². The highest BCUT2D eigenvalue weighted by Crippen LogP contribution is 2.13. The quantitative estimate of drug-likeness (QED) is 0.133. The standard InChI is InChI=1S/C22H42N4O5/c23-18(17-27)15-26-22(31)19(24)16-25-20(28)13-11-9-7-5-3-1-2-4-6-8-10-12-14-21(29)30/h17-19H,1-16,23-24H2,(H,25,28)(H,26,31)(H,29,30)/t18-,19-/m0/s1. The largest absolute Gasteiger partial charge is 0.481 e. The Labute approximate surface area is 186 Å². The molecule has 0 aromatic heterocycles. The normalized spacial score (nSPS) is 12.7. The number of carboxylic acids is 1. The number of carboxylic acid groups (broad SMARTS) is 1. The summed E-state index contributed by atoms with van der Waals surface area (Å²) in [4.78, 5) is 44.3. The van der Waals surface area contributed by atoms with Gasteiger partial charge in [0.05, 0.1) is 6.04 Å². The lowest BCUT2D eigenvalue weighted by Gasteiger charge is -2.14. The molecule has 0 radical (unpaired) electrons. The van der Waals surface area contributed by atoms with Crippen molar-refractivity contribution in [1.29, 1.82) is 0 Å². The number of carbonyl (C=O) groups is 4. The zero-order valence-corrected chi connectivity index (χ0v) is 18.8. The molecular weight excluding hydrogens is 400 g/mol. The van der Waals surface area contributed by atoms with Gasteiger partial charge < -0.3 is 32.0 Å². The predicted molar refractivity (Wildman–Crippen MR) is 120 cm³/mol. The topological polar surface area (TPSA) is 165 Å². The van der Waals surface area contributed by atoms with Crippen LogP contribution >= 0.6 is 0 Å². The number of hydrogen-bond acceptors (Lipinski definition) is 6. The zero-order valence-electron chi connectivity index (χ0n) is 18.8. The minimum Gasteiger partial charge on any atom is -0.481 e. The zero-order chi connectivity index (χ0) is 23.3. The Kier molecular flexibility index (Phi) is 18.6. The molecule has 0 heterocycles. The lowest BCUT2D eigenvalue weighted by Crippen LogP contribution is -2.50. The summed E-state index contributed by atoms with van der Waals surface area (Å²) in [7, 11) is 0. The van der Waals surface area contributed by atoms with Gasteiger partial charge in [-0.3, -0.25) is 14.4 Å². The number of unbranched alkanes of at least 4 members (excludes halogenated alkanes) is 11. The molecule has 0 aliphatic rings. The molecule has 0 unspecified atom stereocenters. The second kappa shape index (κ2) is 19.9. The third-order valence-electron chi connectivity index (χ3n) is 5.09. The first-order valence-corrected chi connectivity index (χ1v) is 11.6. The Morgan fingerprint density at radius 1 is 0.710 bits per heavy atom. The first-order chi connectivity index (χ1) is 14.9. The van der Waals surface area contributed by atoms with Gasteiger partial charge in [-0.25, -0.2) is 0 Å². The van der Waals surface area contributed by atoms with Gasteiger partial charge in [-0.1, -0.05) is 64.2 Å². The minimum atomic E-state index is -0.868. The lowest BCUT2D eigenvalue weighted by atomic mass is 10.0. The fraction of sp³-hybridized carbons (Fsp3) is 0.818. The van der Waals surface area contributed by atoms with E-state index in [4.69, 9.17) is 16.6 Å². The fourth-order valence-electron chi connectivity index (χ4n) is 3.13. The van der Waals surface area contributed by atoms with E-state index in [1.54, 1.807) is 0 Å². The molecule has 0 aliphatic heterocycles. The number of rotatable bonds is 21. The monoisotopic (exact) mass is 442 g/mol. The van der Waals surface area contributed by atoms with E-state index in [-0.39, 0.29) is 25.4 Å². The van der Waals surface area contributed by atoms with Crippen LogP contribution in [0.5, 0.6) is 0 Å². The number of carbonyl (C=O) groups excluding carboxylic acids is 3. The molecule has 0 fully saturated rings. The van der Waals surface area contributed by atoms with E-state index in [1.165, 1.54) is 38.5 Å². The number of aldehydes is 1. The maximum atomic E-state index is 11.8. The van der Waals surface area contributed by atoms with Gasteiger partial charge in [0.15, 0.2) is 0 Å². The highest BCUT2D eigenvalue weighted by molar-refractivity contribution is 5.83. The van der Waals surface area contributed by atoms with Crippen LogP contribution in [0, 0.1) is 0 Å². The Hall–Kier alpha value is -2.00. The van der Waals surface area contributed by atoms with Gasteiger partial charge in [-0.05, 0) is 12.8 Å². The van der Waals surface area contributed by atoms with E-state index in [0.717, 1.165) is 38.5 Å². The molecule has 180 valence electrons. The van der Waals surface area contributed by atoms with Crippen LogP contribution in [0.4, 0.5) is 0 Å². The van der Waals surface area contributed by atoms with Crippen LogP contribution in [0.25, 0.3) is 0 Å². The van der Waals surface area contributed by atoms with E-state index in [1.807, 2.05) is 0 Å². The SMILES string of the molecule is N[C@H](C=O)CNC(=O)[C@@H](N)CNC(=O)CCCCCCCCCCCCCCC(=O)O. The molecule has 0 aromatic carbocycles. The van der Waals surface area contributed by atoms with Crippen LogP contribution in [0.15, 0.2) is 0 Å². The van der Waals surface area contributed by atoms with Crippen molar-refractivity contribution in [2.45, 2.75) is 102 Å². The van der Waals surface area contributed by atoms with Gasteiger partial charge in [0, 0.05) is 25.9 Å². The third kappa shape index (κ3) is 19.7. The second-order valence-corrected chi connectivity index (χ2v) is 8.09. The number of nitrogens with one attached hydrogen (secondary N) is 2. The Morgan fingerprint density at radius 3 is 1.61 bits per heavy atom. The molecular formula is C22H42N4O5. The Morgan fingerprint density at radius 2 is 1.16 bits per heavy atom. The summed E-state index contributed by atoms with van der Waals surface area (Å²) in [6.45, 7) is 0.0825. The molecule has 0 aliphatic carbocycles. The molecule has 7 N–H and O–H groups in total. The molecule has 0 spiro atoms. The highest BCUT2D eigenvalue weighted by Gasteiger charge is 2.15. The molecule has 2 atom stereocenters. The lowest BCUT2D eigenvalue weighted by molar-refractivity contribution is -0.137. The first-order valence-electron chi connectivity index (χ1n) is 11.6. The van der Waals surface area contributed by atoms with Gasteiger partial charge >= 0.3 is 5.97 Å². The molecule has 9 nitrogen and oxygen atoms in total. The summed E-state index contributed by atoms with van der Waals surface area (Å²) in [6, 6.07) is -1.62. The first kappa shape index (κ1) is 29.0. The molecule has 31 heavy (non-hydrogen) atoms. The molecule has 0 saturated carbocycles. The van der Waals surface area contributed by atoms with E-state index in [9.17, 15) is 19.2 Å². The maximum absolute atomic E-state index is 11.8. The van der Waals surface area contributed by atoms with E-state index < -0.39 is 24.0 Å². The van der Waals surface area contributed by atoms with Crippen molar-refractivity contribution in [2.24, 2.45) is 11.5 Å². The highest BCUT2D eigenvalue weighted by atomic mass is 16.4. The van der Waals surface area contributed by atoms with Crippen LogP contribution in [0.2, 0.25) is 0 Å². The average Bonchev–Trinajstić information content (AvgIpc) is 2.75. The van der Waals surface area contributed by atoms with Gasteiger partial charge in [-0.2, -0.15) is 0 Å². The van der Waals surface area contributed by atoms with Crippen LogP contribution in [0.1, 0.15) is 89.9 Å². The Balaban J connectivity index is 3.43. The second-order valence-electron chi connectivity index (χ2n) is 8.09. The molecule has 0 bridgehead atoms. The minimum absolute atomic E-state index is 0.0264. The van der Waals surface area contributed by atoms with Crippen molar-refractivity contribution in [3.63, 3.8) is 0 Å². The van der Waals surface area contributed by atoms with Gasteiger partial charge in [-0.15, -0.1) is 0 Å². The summed E-state index contributed by atoms with van der Waals surface area (Å²) in [5.74, 6) is -1.27. The van der Waals surface area contributed by atoms with E-state index in [0.29, 0.717) is 12.7 Å². The van der Waals surface area contributed by atoms with Crippen molar-refractivity contribution < 1.29 is 24.3 Å². The maximum Gasteiger partial charge on any atom is 0.303 e. The number of hydrogen-bond donors (Lipinski definition) is 5. The molecule has 0 saturated heterocycles. The molecule has 2 amide bonds. The summed E-state index contributed by atoms with van der Waals surface area (Å²) in [6.07, 6.45) is 14.4. The fourth-order valence-corrected chi connectivity index (χ4v) is 3.13. The molecule has 0 rings (SSSR count). The van der Waals surface area contributed by atoms with Crippen LogP contribution in [-0.2, 0) is 19.2 Å². The summed E-state index contributed by atoms with van der Waals surface area (Å²) in [5.41, 5.74) is 11.1. The van der Waals surface area contributed by atoms with Crippen molar-refractivity contribution >= 4 is 24.1 Å². The van der Waals surface area contributed by atoms with Gasteiger partial charge in [0.2, 0.25) is 11.8 Å². The van der Waals surface area contributed by atoms with Crippen molar-refractivity contribution in [3.8, 4) is 0 Å². The number of aliphatic carboxylic acids is 1. The Bertz CT molecular complexity index is 516. The summed E-state index contributed by atoms with van der Waals surface area (Å²) < 4.78 is 0. The van der Waals surface area contributed by atoms with Crippen LogP contribution < -0.4 is 22.1 Å². The van der Waals surface area contributed by atoms with Crippen molar-refractivity contribution in [2.75, 3.05) is 13.1 Å². The van der Waals surface area contributed by atoms with Crippen LogP contribution in [-0.4, -0.2) is 54.3 Å². The van der Waals surface area contributed by atoms with Crippen LogP contribution in [0.3, 0.4) is 0 Å². The smallest absolute Gasteiger partial charge is 0.303 e. The summed E-state index contributed by atoms with van der Waals surface area (Å²) >= 11 is 0. The third-order valence-corrected chi connectivity index (χ3v) is 5.09. The summed E-state index contributed by atoms with van der Waals surface area (Å²) in [5, 5.41) is 13.7. The van der Waals surface area contributed by atoms with E-state index in [2.05, 4.69) is 10.6 Å². The number of nitrogens with two attached hydrogens (primary N) is 2. The average molecular weight is 443 g/mol. The van der Waals surface area contributed by atoms with Gasteiger partial charge in [0.25, 0.3) is 0 Å².